The zero-order valence-corrected chi connectivity index (χ0v) is 32.1. The molecule has 0 aliphatic heterocycles. The van der Waals surface area contributed by atoms with E-state index in [0.717, 1.165) is 17.7 Å². The van der Waals surface area contributed by atoms with Crippen LogP contribution >= 0.6 is 11.8 Å². The van der Waals surface area contributed by atoms with Crippen LogP contribution < -0.4 is 10.6 Å². The molecule has 6 rings (SSSR count). The van der Waals surface area contributed by atoms with Crippen LogP contribution in [0.4, 0.5) is 8.78 Å². The second-order valence-electron chi connectivity index (χ2n) is 12.4. The monoisotopic (exact) mass is 792 g/mol. The molecule has 0 saturated heterocycles. The molecule has 2 atom stereocenters. The summed E-state index contributed by atoms with van der Waals surface area (Å²) in [6, 6.07) is 34.3. The number of thioether (sulfide) groups is 1. The van der Waals surface area contributed by atoms with Gasteiger partial charge < -0.3 is 10.6 Å². The van der Waals surface area contributed by atoms with Gasteiger partial charge in [-0.1, -0.05) is 97.0 Å². The van der Waals surface area contributed by atoms with E-state index in [9.17, 15) is 31.6 Å². The van der Waals surface area contributed by atoms with Crippen molar-refractivity contribution in [3.8, 4) is 0 Å². The van der Waals surface area contributed by atoms with E-state index in [1.807, 2.05) is 13.8 Å². The van der Waals surface area contributed by atoms with Crippen LogP contribution in [0.3, 0.4) is 0 Å². The number of Topliss-reactive ketones (excluding diaryl/α,β-unsaturated/α-hetero) is 1. The molecule has 1 aromatic heterocycles. The maximum atomic E-state index is 13.4. The van der Waals surface area contributed by atoms with Crippen molar-refractivity contribution in [3.63, 3.8) is 0 Å². The number of ketones is 1. The summed E-state index contributed by atoms with van der Waals surface area (Å²) in [4.78, 5) is 47.0. The van der Waals surface area contributed by atoms with Gasteiger partial charge >= 0.3 is 0 Å². The molecule has 2 amide bonds. The minimum Gasteiger partial charge on any atom is -0.338 e. The first kappa shape index (κ1) is 41.1. The summed E-state index contributed by atoms with van der Waals surface area (Å²) in [5, 5.41) is 4.49. The molecule has 0 fully saturated rings. The molecule has 2 N–H and O–H groups in total. The third-order valence-corrected chi connectivity index (χ3v) is 11.2. The van der Waals surface area contributed by atoms with Gasteiger partial charge in [-0.25, -0.2) is 27.2 Å². The summed E-state index contributed by atoms with van der Waals surface area (Å²) < 4.78 is 53.1. The van der Waals surface area contributed by atoms with E-state index in [1.54, 1.807) is 72.8 Å². The lowest BCUT2D eigenvalue weighted by Crippen LogP contribution is -2.34. The van der Waals surface area contributed by atoms with Gasteiger partial charge in [0.1, 0.15) is 23.4 Å². The molecule has 0 aliphatic carbocycles. The largest absolute Gasteiger partial charge is 0.338 e. The third kappa shape index (κ3) is 11.0. The summed E-state index contributed by atoms with van der Waals surface area (Å²) in [5.41, 5.74) is 2.63. The molecule has 0 aliphatic rings. The minimum atomic E-state index is -3.94. The highest BCUT2D eigenvalue weighted by molar-refractivity contribution is 7.99. The van der Waals surface area contributed by atoms with E-state index in [-0.39, 0.29) is 21.9 Å². The molecule has 2 unspecified atom stereocenters. The number of hydrogen-bond acceptors (Lipinski definition) is 8. The molecule has 56 heavy (non-hydrogen) atoms. The molecular weight excluding hydrogens is 755 g/mol. The van der Waals surface area contributed by atoms with Crippen molar-refractivity contribution in [2.45, 2.75) is 41.7 Å². The molecule has 9 nitrogen and oxygen atoms in total. The van der Waals surface area contributed by atoms with Gasteiger partial charge in [-0.05, 0) is 91.2 Å². The molecule has 5 aromatic carbocycles. The number of nitrogens with zero attached hydrogens (tertiary/aromatic N) is 2. The van der Waals surface area contributed by atoms with E-state index >= 15 is 0 Å². The van der Waals surface area contributed by atoms with Crippen molar-refractivity contribution >= 4 is 39.2 Å². The lowest BCUT2D eigenvalue weighted by Gasteiger charge is -2.20. The first-order valence-corrected chi connectivity index (χ1v) is 20.0. The Morgan fingerprint density at radius 1 is 0.679 bits per heavy atom. The van der Waals surface area contributed by atoms with Crippen LogP contribution in [-0.2, 0) is 9.84 Å². The maximum absolute atomic E-state index is 13.4. The van der Waals surface area contributed by atoms with E-state index in [1.165, 1.54) is 84.7 Å². The van der Waals surface area contributed by atoms with Crippen molar-refractivity contribution in [2.75, 3.05) is 5.75 Å². The number of aryl methyl sites for hydroxylation is 1. The van der Waals surface area contributed by atoms with Gasteiger partial charge in [-0.2, -0.15) is 0 Å². The summed E-state index contributed by atoms with van der Waals surface area (Å²) in [7, 11) is -3.94. The van der Waals surface area contributed by atoms with Gasteiger partial charge in [0.15, 0.2) is 10.5 Å². The quantitative estimate of drug-likeness (QED) is 0.0676. The number of carbonyl (C=O) groups is 3. The smallest absolute Gasteiger partial charge is 0.252 e. The first-order valence-electron chi connectivity index (χ1n) is 17.5. The molecule has 1 heterocycles. The Bertz CT molecular complexity index is 2350. The Kier molecular flexibility index (Phi) is 14.3. The topological polar surface area (TPSA) is 135 Å². The number of carbonyl (C=O) groups excluding carboxylic acids is 3. The SMILES string of the molecule is CCCSc1nccc(C(=O)C(NC(=O)c2ccccc2)c2ccc(F)cc2)n1.Cc1ccc(S(=O)(=O)C(NC(=O)c2ccccc2)c2ccc(F)cc2)cc1. The Hall–Kier alpha value is -6.05. The van der Waals surface area contributed by atoms with Crippen LogP contribution in [0.2, 0.25) is 0 Å². The highest BCUT2D eigenvalue weighted by Gasteiger charge is 2.31. The average molecular weight is 793 g/mol. The third-order valence-electron chi connectivity index (χ3n) is 8.23. The van der Waals surface area contributed by atoms with Gasteiger partial charge in [-0.3, -0.25) is 14.4 Å². The highest BCUT2D eigenvalue weighted by atomic mass is 32.2. The van der Waals surface area contributed by atoms with Crippen LogP contribution in [0.1, 0.15) is 72.7 Å². The van der Waals surface area contributed by atoms with Gasteiger partial charge in [0.2, 0.25) is 15.6 Å². The van der Waals surface area contributed by atoms with E-state index in [4.69, 9.17) is 0 Å². The summed E-state index contributed by atoms with van der Waals surface area (Å²) in [5.74, 6) is -1.39. The van der Waals surface area contributed by atoms with Crippen LogP contribution in [0.15, 0.2) is 156 Å². The zero-order chi connectivity index (χ0) is 40.1. The summed E-state index contributed by atoms with van der Waals surface area (Å²) in [6.45, 7) is 3.90. The van der Waals surface area contributed by atoms with Crippen LogP contribution in [-0.4, -0.2) is 41.7 Å². The minimum absolute atomic E-state index is 0.0794. The fourth-order valence-corrected chi connectivity index (χ4v) is 7.53. The average Bonchev–Trinajstić information content (AvgIpc) is 3.22. The number of amides is 2. The van der Waals surface area contributed by atoms with E-state index < -0.39 is 44.7 Å². The second kappa shape index (κ2) is 19.5. The van der Waals surface area contributed by atoms with Crippen molar-refractivity contribution in [1.82, 2.24) is 20.6 Å². The van der Waals surface area contributed by atoms with Gasteiger partial charge in [-0.15, -0.1) is 0 Å². The fraction of sp³-hybridized carbons (Fsp3) is 0.140. The molecule has 0 spiro atoms. The second-order valence-corrected chi connectivity index (χ2v) is 15.5. The van der Waals surface area contributed by atoms with Crippen molar-refractivity contribution < 1.29 is 31.6 Å². The highest BCUT2D eigenvalue weighted by Crippen LogP contribution is 2.28. The summed E-state index contributed by atoms with van der Waals surface area (Å²) in [6.07, 6.45) is 2.48. The number of aromatic nitrogens is 2. The molecule has 13 heteroatoms. The number of rotatable bonds is 13. The number of halogens is 2. The molecule has 0 radical (unpaired) electrons. The van der Waals surface area contributed by atoms with Gasteiger partial charge in [0.05, 0.1) is 4.90 Å². The predicted molar refractivity (Wildman–Crippen MR) is 212 cm³/mol. The van der Waals surface area contributed by atoms with Crippen LogP contribution in [0, 0.1) is 18.6 Å². The molecule has 6 aromatic rings. The molecule has 286 valence electrons. The summed E-state index contributed by atoms with van der Waals surface area (Å²) >= 11 is 1.46. The molecular formula is C43H38F2N4O5S2. The number of sulfone groups is 1. The Labute approximate surface area is 328 Å². The van der Waals surface area contributed by atoms with Crippen molar-refractivity contribution in [3.05, 3.63) is 191 Å². The predicted octanol–water partition coefficient (Wildman–Crippen LogP) is 8.51. The van der Waals surface area contributed by atoms with Crippen LogP contribution in [0.5, 0.6) is 0 Å². The Balaban J connectivity index is 0.000000215. The number of benzene rings is 5. The van der Waals surface area contributed by atoms with Gasteiger partial charge in [0.25, 0.3) is 11.8 Å². The van der Waals surface area contributed by atoms with Crippen molar-refractivity contribution in [1.29, 1.82) is 0 Å². The normalized spacial score (nSPS) is 12.0. The fourth-order valence-electron chi connectivity index (χ4n) is 5.28. The van der Waals surface area contributed by atoms with Gasteiger partial charge in [0, 0.05) is 23.1 Å². The number of hydrogen-bond donors (Lipinski definition) is 2. The first-order chi connectivity index (χ1) is 27.0. The van der Waals surface area contributed by atoms with Crippen molar-refractivity contribution in [2.24, 2.45) is 0 Å². The number of nitrogens with one attached hydrogen (secondary N) is 2. The molecule has 0 saturated carbocycles. The molecule has 0 bridgehead atoms. The lowest BCUT2D eigenvalue weighted by molar-refractivity contribution is 0.0854. The lowest BCUT2D eigenvalue weighted by atomic mass is 9.99. The van der Waals surface area contributed by atoms with E-state index in [2.05, 4.69) is 20.6 Å². The standard InChI is InChI=1S/C22H20FN3O2S.C21H18FNO3S/c1-2-14-29-22-24-13-12-18(25-22)20(27)19(15-8-10-17(23)11-9-15)26-21(28)16-6-4-3-5-7-16;1-15-7-13-19(14-8-15)27(25,26)21(17-9-11-18(22)12-10-17)23-20(24)16-5-3-2-4-6-16/h3-13,19H,2,14H2,1H3,(H,26,28);2-14,21H,1H3,(H,23,24). The van der Waals surface area contributed by atoms with Crippen LogP contribution in [0.25, 0.3) is 0 Å². The Morgan fingerprint density at radius 3 is 1.73 bits per heavy atom. The van der Waals surface area contributed by atoms with E-state index in [0.29, 0.717) is 21.8 Å². The zero-order valence-electron chi connectivity index (χ0n) is 30.4. The maximum Gasteiger partial charge on any atom is 0.252 e. The Morgan fingerprint density at radius 2 is 1.20 bits per heavy atom.